The van der Waals surface area contributed by atoms with Gasteiger partial charge >= 0.3 is 0 Å². The van der Waals surface area contributed by atoms with Crippen LogP contribution in [0.2, 0.25) is 0 Å². The van der Waals surface area contributed by atoms with Crippen molar-refractivity contribution < 1.29 is 0 Å². The number of halogens is 1. The Balaban J connectivity index is 2.62. The van der Waals surface area contributed by atoms with E-state index in [4.69, 9.17) is 28.8 Å². The lowest BCUT2D eigenvalue weighted by Crippen LogP contribution is -2.03. The summed E-state index contributed by atoms with van der Waals surface area (Å²) in [7, 11) is 0. The monoisotopic (exact) mass is 223 g/mol. The molecule has 0 aliphatic heterocycles. The lowest BCUT2D eigenvalue weighted by molar-refractivity contribution is 1.13. The summed E-state index contributed by atoms with van der Waals surface area (Å²) >= 11 is 5.60. The number of nitrogen functional groups attached to an aromatic ring is 1. The third-order valence-electron chi connectivity index (χ3n) is 2.16. The van der Waals surface area contributed by atoms with E-state index < -0.39 is 0 Å². The van der Waals surface area contributed by atoms with Gasteiger partial charge in [0.1, 0.15) is 5.16 Å². The fourth-order valence-electron chi connectivity index (χ4n) is 1.35. The Morgan fingerprint density at radius 3 is 2.73 bits per heavy atom. The van der Waals surface area contributed by atoms with Gasteiger partial charge in [-0.05, 0) is 12.1 Å². The van der Waals surface area contributed by atoms with Gasteiger partial charge in [-0.2, -0.15) is 5.10 Å². The van der Waals surface area contributed by atoms with Crippen molar-refractivity contribution in [3.05, 3.63) is 28.9 Å². The smallest absolute Gasteiger partial charge is 0.153 e. The first-order valence-electron chi connectivity index (χ1n) is 4.24. The van der Waals surface area contributed by atoms with E-state index >= 15 is 0 Å². The predicted molar refractivity (Wildman–Crippen MR) is 61.7 cm³/mol. The maximum Gasteiger partial charge on any atom is 0.153 e. The quantitative estimate of drug-likeness (QED) is 0.540. The van der Waals surface area contributed by atoms with Crippen LogP contribution in [-0.2, 0) is 0 Å². The molecule has 1 aromatic heterocycles. The highest BCUT2D eigenvalue weighted by Gasteiger charge is 2.05. The Morgan fingerprint density at radius 1 is 1.33 bits per heavy atom. The summed E-state index contributed by atoms with van der Waals surface area (Å²) in [5.41, 5.74) is 18.6. The molecule has 1 aromatic carbocycles. The number of anilines is 1. The van der Waals surface area contributed by atoms with Crippen LogP contribution in [0.5, 0.6) is 0 Å². The summed E-state index contributed by atoms with van der Waals surface area (Å²) in [6.07, 6.45) is 0. The summed E-state index contributed by atoms with van der Waals surface area (Å²) in [6.45, 7) is 0. The Morgan fingerprint density at radius 2 is 2.07 bits per heavy atom. The summed E-state index contributed by atoms with van der Waals surface area (Å²) in [5, 5.41) is 7.58. The summed E-state index contributed by atoms with van der Waals surface area (Å²) < 4.78 is 0. The number of nitrogens with one attached hydrogen (secondary N) is 1. The van der Waals surface area contributed by atoms with E-state index in [1.807, 2.05) is 6.07 Å². The maximum absolute atomic E-state index is 5.69. The molecule has 0 spiro atoms. The molecule has 15 heavy (non-hydrogen) atoms. The fraction of sp³-hybridized carbons (Fsp3) is 0. The second kappa shape index (κ2) is 3.36. The minimum atomic E-state index is 0.0711. The third-order valence-corrected chi connectivity index (χ3v) is 2.36. The third kappa shape index (κ3) is 1.57. The van der Waals surface area contributed by atoms with Crippen LogP contribution in [0.15, 0.2) is 23.4 Å². The zero-order chi connectivity index (χ0) is 11.0. The van der Waals surface area contributed by atoms with Gasteiger partial charge in [-0.15, -0.1) is 0 Å². The standard InChI is InChI=1S/C9H10ClN5/c10-8(12)7(11)4-1-2-5-6(3-4)14-15-9(5)13/h1-3H,11-12H2,(H3,13,14,15)/b8-7-. The summed E-state index contributed by atoms with van der Waals surface area (Å²) in [4.78, 5) is 0. The molecule has 0 radical (unpaired) electrons. The van der Waals surface area contributed by atoms with E-state index in [2.05, 4.69) is 10.2 Å². The molecule has 0 aliphatic rings. The minimum Gasteiger partial charge on any atom is -0.396 e. The zero-order valence-corrected chi connectivity index (χ0v) is 8.55. The van der Waals surface area contributed by atoms with Crippen molar-refractivity contribution in [3.63, 3.8) is 0 Å². The number of nitrogens with zero attached hydrogens (tertiary/aromatic N) is 1. The van der Waals surface area contributed by atoms with Gasteiger partial charge in [0.2, 0.25) is 0 Å². The van der Waals surface area contributed by atoms with Crippen LogP contribution in [0.3, 0.4) is 0 Å². The van der Waals surface area contributed by atoms with Gasteiger partial charge in [-0.25, -0.2) is 0 Å². The Bertz CT molecular complexity index is 538. The van der Waals surface area contributed by atoms with Crippen molar-refractivity contribution in [2.24, 2.45) is 11.5 Å². The van der Waals surface area contributed by atoms with Crippen LogP contribution in [0.25, 0.3) is 16.6 Å². The SMILES string of the molecule is N/C(Cl)=C(\N)c1ccc2c(N)n[nH]c2c1. The van der Waals surface area contributed by atoms with Gasteiger partial charge in [0, 0.05) is 10.9 Å². The highest BCUT2D eigenvalue weighted by molar-refractivity contribution is 6.31. The number of hydrogen-bond donors (Lipinski definition) is 4. The van der Waals surface area contributed by atoms with E-state index in [1.54, 1.807) is 12.1 Å². The van der Waals surface area contributed by atoms with Crippen molar-refractivity contribution in [2.45, 2.75) is 0 Å². The molecule has 2 aromatic rings. The first-order valence-corrected chi connectivity index (χ1v) is 4.62. The van der Waals surface area contributed by atoms with Crippen LogP contribution < -0.4 is 17.2 Å². The molecule has 1 heterocycles. The van der Waals surface area contributed by atoms with E-state index in [-0.39, 0.29) is 5.16 Å². The van der Waals surface area contributed by atoms with Crippen molar-refractivity contribution in [2.75, 3.05) is 5.73 Å². The molecule has 7 N–H and O–H groups in total. The second-order valence-corrected chi connectivity index (χ2v) is 3.54. The summed E-state index contributed by atoms with van der Waals surface area (Å²) in [6, 6.07) is 5.40. The fourth-order valence-corrected chi connectivity index (χ4v) is 1.46. The highest BCUT2D eigenvalue weighted by Crippen LogP contribution is 2.22. The highest BCUT2D eigenvalue weighted by atomic mass is 35.5. The number of fused-ring (bicyclic) bond motifs is 1. The lowest BCUT2D eigenvalue weighted by atomic mass is 10.1. The van der Waals surface area contributed by atoms with Crippen molar-refractivity contribution >= 4 is 34.0 Å². The zero-order valence-electron chi connectivity index (χ0n) is 7.79. The molecule has 0 fully saturated rings. The van der Waals surface area contributed by atoms with E-state index in [1.165, 1.54) is 0 Å². The Hall–Kier alpha value is -1.88. The molecule has 0 saturated carbocycles. The number of aromatic amines is 1. The molecule has 0 unspecified atom stereocenters. The van der Waals surface area contributed by atoms with Gasteiger partial charge in [-0.1, -0.05) is 17.7 Å². The van der Waals surface area contributed by atoms with Gasteiger partial charge in [0.25, 0.3) is 0 Å². The predicted octanol–water partition coefficient (Wildman–Crippen LogP) is 0.927. The van der Waals surface area contributed by atoms with Gasteiger partial charge < -0.3 is 17.2 Å². The number of H-pyrrole nitrogens is 1. The molecule has 6 heteroatoms. The molecule has 0 aliphatic carbocycles. The van der Waals surface area contributed by atoms with E-state index in [0.717, 1.165) is 16.5 Å². The molecular formula is C9H10ClN5. The van der Waals surface area contributed by atoms with Crippen LogP contribution >= 0.6 is 11.6 Å². The van der Waals surface area contributed by atoms with Crippen molar-refractivity contribution in [3.8, 4) is 0 Å². The lowest BCUT2D eigenvalue weighted by Gasteiger charge is -2.02. The number of hydrogen-bond acceptors (Lipinski definition) is 4. The molecule has 0 saturated heterocycles. The molecule has 0 amide bonds. The summed E-state index contributed by atoms with van der Waals surface area (Å²) in [5.74, 6) is 0.456. The molecule has 78 valence electrons. The molecular weight excluding hydrogens is 214 g/mol. The number of aromatic nitrogens is 2. The van der Waals surface area contributed by atoms with Crippen molar-refractivity contribution in [1.82, 2.24) is 10.2 Å². The number of benzene rings is 1. The second-order valence-electron chi connectivity index (χ2n) is 3.13. The first-order chi connectivity index (χ1) is 7.09. The normalized spacial score (nSPS) is 12.9. The van der Waals surface area contributed by atoms with Crippen LogP contribution in [-0.4, -0.2) is 10.2 Å². The largest absolute Gasteiger partial charge is 0.396 e. The molecule has 0 atom stereocenters. The Kier molecular flexibility index (Phi) is 2.17. The number of rotatable bonds is 1. The van der Waals surface area contributed by atoms with Gasteiger partial charge in [-0.3, -0.25) is 5.10 Å². The van der Waals surface area contributed by atoms with Crippen LogP contribution in [0, 0.1) is 0 Å². The minimum absolute atomic E-state index is 0.0711. The Labute approximate surface area is 90.9 Å². The van der Waals surface area contributed by atoms with Crippen LogP contribution in [0.1, 0.15) is 5.56 Å². The van der Waals surface area contributed by atoms with Crippen LogP contribution in [0.4, 0.5) is 5.82 Å². The average molecular weight is 224 g/mol. The number of nitrogens with two attached hydrogens (primary N) is 3. The maximum atomic E-state index is 5.69. The topological polar surface area (TPSA) is 107 Å². The first kappa shape index (κ1) is 9.67. The molecule has 5 nitrogen and oxygen atoms in total. The van der Waals surface area contributed by atoms with E-state index in [0.29, 0.717) is 11.5 Å². The molecule has 2 rings (SSSR count). The van der Waals surface area contributed by atoms with Crippen molar-refractivity contribution in [1.29, 1.82) is 0 Å². The molecule has 0 bridgehead atoms. The van der Waals surface area contributed by atoms with Gasteiger partial charge in [0.15, 0.2) is 5.82 Å². The van der Waals surface area contributed by atoms with Gasteiger partial charge in [0.05, 0.1) is 11.2 Å². The average Bonchev–Trinajstić information content (AvgIpc) is 2.59. The van der Waals surface area contributed by atoms with E-state index in [9.17, 15) is 0 Å².